The molecule has 0 amide bonds. The highest BCUT2D eigenvalue weighted by Crippen LogP contribution is 2.14. The second-order valence-electron chi connectivity index (χ2n) is 3.59. The molecule has 1 aromatic carbocycles. The third kappa shape index (κ3) is 3.08. The number of thiophene rings is 1. The zero-order chi connectivity index (χ0) is 12.3. The number of hydrogen-bond donors (Lipinski definition) is 1. The molecule has 0 saturated heterocycles. The van der Waals surface area contributed by atoms with Gasteiger partial charge in [-0.25, -0.2) is 13.2 Å². The monoisotopic (exact) mass is 257 g/mol. The molecule has 0 atom stereocenters. The largest absolute Gasteiger partial charge is 0.308 e. The van der Waals surface area contributed by atoms with Gasteiger partial charge in [0.05, 0.1) is 0 Å². The molecule has 0 bridgehead atoms. The average molecular weight is 257 g/mol. The summed E-state index contributed by atoms with van der Waals surface area (Å²) in [4.78, 5) is 0. The van der Waals surface area contributed by atoms with E-state index in [1.54, 1.807) is 11.3 Å². The van der Waals surface area contributed by atoms with Crippen LogP contribution in [0.1, 0.15) is 11.1 Å². The summed E-state index contributed by atoms with van der Waals surface area (Å²) < 4.78 is 38.8. The molecule has 0 spiro atoms. The van der Waals surface area contributed by atoms with E-state index >= 15 is 0 Å². The van der Waals surface area contributed by atoms with E-state index in [0.717, 1.165) is 11.6 Å². The second-order valence-corrected chi connectivity index (χ2v) is 4.37. The van der Waals surface area contributed by atoms with Crippen LogP contribution in [0.25, 0.3) is 0 Å². The Morgan fingerprint density at radius 3 is 2.47 bits per heavy atom. The Morgan fingerprint density at radius 1 is 1.00 bits per heavy atom. The Hall–Kier alpha value is -1.33. The number of halogens is 3. The summed E-state index contributed by atoms with van der Waals surface area (Å²) in [5.41, 5.74) is 1.21. The Kier molecular flexibility index (Phi) is 3.81. The van der Waals surface area contributed by atoms with Crippen molar-refractivity contribution in [1.29, 1.82) is 0 Å². The fourth-order valence-electron chi connectivity index (χ4n) is 1.43. The smallest absolute Gasteiger partial charge is 0.161 e. The van der Waals surface area contributed by atoms with Gasteiger partial charge >= 0.3 is 0 Å². The molecule has 1 aromatic heterocycles. The van der Waals surface area contributed by atoms with Crippen molar-refractivity contribution in [1.82, 2.24) is 5.32 Å². The van der Waals surface area contributed by atoms with Gasteiger partial charge in [0.1, 0.15) is 5.82 Å². The molecule has 0 aliphatic carbocycles. The number of benzene rings is 1. The molecule has 0 fully saturated rings. The summed E-state index contributed by atoms with van der Waals surface area (Å²) in [6, 6.07) is 3.39. The first-order valence-corrected chi connectivity index (χ1v) is 5.96. The summed E-state index contributed by atoms with van der Waals surface area (Å²) in [7, 11) is 0. The molecule has 2 rings (SSSR count). The number of hydrogen-bond acceptors (Lipinski definition) is 2. The Morgan fingerprint density at radius 2 is 1.76 bits per heavy atom. The van der Waals surface area contributed by atoms with Gasteiger partial charge in [0.15, 0.2) is 11.6 Å². The fourth-order valence-corrected chi connectivity index (χ4v) is 2.10. The summed E-state index contributed by atoms with van der Waals surface area (Å²) in [6.07, 6.45) is 0. The van der Waals surface area contributed by atoms with Gasteiger partial charge in [-0.15, -0.1) is 0 Å². The third-order valence-corrected chi connectivity index (χ3v) is 3.05. The Bertz CT molecular complexity index is 497. The molecule has 1 heterocycles. The molecule has 17 heavy (non-hydrogen) atoms. The first kappa shape index (κ1) is 12.1. The van der Waals surface area contributed by atoms with Crippen molar-refractivity contribution in [3.8, 4) is 0 Å². The van der Waals surface area contributed by atoms with Crippen LogP contribution in [-0.4, -0.2) is 0 Å². The molecule has 5 heteroatoms. The number of nitrogens with one attached hydrogen (secondary N) is 1. The standard InChI is InChI=1S/C12H10F3NS/c13-10-4-12(15)11(14)3-9(10)6-16-5-8-1-2-17-7-8/h1-4,7,16H,5-6H2. The zero-order valence-electron chi connectivity index (χ0n) is 8.84. The molecule has 0 unspecified atom stereocenters. The van der Waals surface area contributed by atoms with E-state index in [2.05, 4.69) is 5.32 Å². The van der Waals surface area contributed by atoms with Gasteiger partial charge in [-0.1, -0.05) is 0 Å². The van der Waals surface area contributed by atoms with E-state index in [1.165, 1.54) is 0 Å². The molecule has 90 valence electrons. The first-order chi connectivity index (χ1) is 8.16. The Labute approximate surface area is 101 Å². The molecule has 0 radical (unpaired) electrons. The fraction of sp³-hybridized carbons (Fsp3) is 0.167. The quantitative estimate of drug-likeness (QED) is 0.827. The maximum Gasteiger partial charge on any atom is 0.161 e. The highest BCUT2D eigenvalue weighted by molar-refractivity contribution is 7.07. The highest BCUT2D eigenvalue weighted by atomic mass is 32.1. The average Bonchev–Trinajstić information content (AvgIpc) is 2.78. The van der Waals surface area contributed by atoms with Crippen LogP contribution >= 0.6 is 11.3 Å². The van der Waals surface area contributed by atoms with Crippen LogP contribution in [0.5, 0.6) is 0 Å². The zero-order valence-corrected chi connectivity index (χ0v) is 9.66. The van der Waals surface area contributed by atoms with Crippen LogP contribution in [-0.2, 0) is 13.1 Å². The molecule has 0 aliphatic heterocycles. The summed E-state index contributed by atoms with van der Waals surface area (Å²) in [5.74, 6) is -2.93. The molecular weight excluding hydrogens is 247 g/mol. The van der Waals surface area contributed by atoms with E-state index < -0.39 is 17.5 Å². The topological polar surface area (TPSA) is 12.0 Å². The van der Waals surface area contributed by atoms with Crippen molar-refractivity contribution < 1.29 is 13.2 Å². The van der Waals surface area contributed by atoms with E-state index in [0.29, 0.717) is 12.6 Å². The van der Waals surface area contributed by atoms with Crippen molar-refractivity contribution in [2.45, 2.75) is 13.1 Å². The third-order valence-electron chi connectivity index (χ3n) is 2.31. The molecule has 0 aliphatic rings. The lowest BCUT2D eigenvalue weighted by atomic mass is 10.2. The van der Waals surface area contributed by atoms with Crippen LogP contribution in [0.3, 0.4) is 0 Å². The van der Waals surface area contributed by atoms with Gasteiger partial charge in [-0.2, -0.15) is 11.3 Å². The van der Waals surface area contributed by atoms with Gasteiger partial charge in [0, 0.05) is 24.7 Å². The van der Waals surface area contributed by atoms with Crippen molar-refractivity contribution in [3.63, 3.8) is 0 Å². The second kappa shape index (κ2) is 5.33. The van der Waals surface area contributed by atoms with Crippen molar-refractivity contribution >= 4 is 11.3 Å². The molecule has 0 saturated carbocycles. The van der Waals surface area contributed by atoms with E-state index in [4.69, 9.17) is 0 Å². The maximum atomic E-state index is 13.3. The van der Waals surface area contributed by atoms with Crippen LogP contribution in [0, 0.1) is 17.5 Å². The minimum atomic E-state index is -1.16. The van der Waals surface area contributed by atoms with E-state index in [1.807, 2.05) is 16.8 Å². The van der Waals surface area contributed by atoms with Crippen LogP contribution < -0.4 is 5.32 Å². The molecular formula is C12H10F3NS. The van der Waals surface area contributed by atoms with E-state index in [-0.39, 0.29) is 12.1 Å². The normalized spacial score (nSPS) is 10.8. The van der Waals surface area contributed by atoms with Crippen LogP contribution in [0.15, 0.2) is 29.0 Å². The first-order valence-electron chi connectivity index (χ1n) is 5.02. The summed E-state index contributed by atoms with van der Waals surface area (Å²) >= 11 is 1.57. The van der Waals surface area contributed by atoms with Gasteiger partial charge in [0.2, 0.25) is 0 Å². The summed E-state index contributed by atoms with van der Waals surface area (Å²) in [5, 5.41) is 6.88. The molecule has 1 nitrogen and oxygen atoms in total. The lowest BCUT2D eigenvalue weighted by Crippen LogP contribution is -2.13. The maximum absolute atomic E-state index is 13.3. The van der Waals surface area contributed by atoms with Gasteiger partial charge in [0.25, 0.3) is 0 Å². The molecule has 2 aromatic rings. The predicted molar refractivity (Wildman–Crippen MR) is 61.2 cm³/mol. The van der Waals surface area contributed by atoms with Crippen molar-refractivity contribution in [2.24, 2.45) is 0 Å². The predicted octanol–water partition coefficient (Wildman–Crippen LogP) is 3.46. The SMILES string of the molecule is Fc1cc(F)c(CNCc2ccsc2)cc1F. The lowest BCUT2D eigenvalue weighted by Gasteiger charge is -2.05. The highest BCUT2D eigenvalue weighted by Gasteiger charge is 2.09. The van der Waals surface area contributed by atoms with Crippen molar-refractivity contribution in [2.75, 3.05) is 0 Å². The molecule has 1 N–H and O–H groups in total. The summed E-state index contributed by atoms with van der Waals surface area (Å²) in [6.45, 7) is 0.737. The van der Waals surface area contributed by atoms with Gasteiger partial charge < -0.3 is 5.32 Å². The minimum Gasteiger partial charge on any atom is -0.308 e. The van der Waals surface area contributed by atoms with Crippen molar-refractivity contribution in [3.05, 3.63) is 57.5 Å². The number of rotatable bonds is 4. The van der Waals surface area contributed by atoms with Crippen LogP contribution in [0.2, 0.25) is 0 Å². The van der Waals surface area contributed by atoms with E-state index in [9.17, 15) is 13.2 Å². The van der Waals surface area contributed by atoms with Gasteiger partial charge in [-0.05, 0) is 28.5 Å². The van der Waals surface area contributed by atoms with Crippen LogP contribution in [0.4, 0.5) is 13.2 Å². The lowest BCUT2D eigenvalue weighted by molar-refractivity contribution is 0.487. The van der Waals surface area contributed by atoms with Gasteiger partial charge in [-0.3, -0.25) is 0 Å². The Balaban J connectivity index is 1.97. The minimum absolute atomic E-state index is 0.124.